The zero-order valence-electron chi connectivity index (χ0n) is 12.6. The van der Waals surface area contributed by atoms with Crippen molar-refractivity contribution in [2.75, 3.05) is 24.3 Å². The number of nitrogens with zero attached hydrogens (tertiary/aromatic N) is 1. The second-order valence-corrected chi connectivity index (χ2v) is 5.87. The lowest BCUT2D eigenvalue weighted by Crippen LogP contribution is -2.28. The lowest BCUT2D eigenvalue weighted by molar-refractivity contribution is 0.0602. The van der Waals surface area contributed by atoms with Gasteiger partial charge in [0.05, 0.1) is 12.7 Å². The van der Waals surface area contributed by atoms with Gasteiger partial charge < -0.3 is 15.4 Å². The van der Waals surface area contributed by atoms with Crippen molar-refractivity contribution in [3.05, 3.63) is 23.8 Å². The van der Waals surface area contributed by atoms with Crippen LogP contribution in [0, 0.1) is 5.92 Å². The van der Waals surface area contributed by atoms with Crippen molar-refractivity contribution in [2.45, 2.75) is 39.2 Å². The third-order valence-corrected chi connectivity index (χ3v) is 3.71. The van der Waals surface area contributed by atoms with Gasteiger partial charge in [-0.25, -0.2) is 4.79 Å². The van der Waals surface area contributed by atoms with Crippen molar-refractivity contribution in [2.24, 2.45) is 5.92 Å². The minimum absolute atomic E-state index is 0.371. The molecule has 2 rings (SSSR count). The molecule has 0 atom stereocenters. The number of nitrogens with two attached hydrogens (primary N) is 1. The smallest absolute Gasteiger partial charge is 0.340 e. The van der Waals surface area contributed by atoms with Gasteiger partial charge in [0.25, 0.3) is 0 Å². The highest BCUT2D eigenvalue weighted by atomic mass is 16.5. The van der Waals surface area contributed by atoms with Crippen LogP contribution in [0.2, 0.25) is 0 Å². The van der Waals surface area contributed by atoms with Crippen LogP contribution in [0.5, 0.6) is 0 Å². The number of anilines is 2. The molecule has 1 aliphatic rings. The number of rotatable bonds is 6. The third-order valence-electron chi connectivity index (χ3n) is 3.71. The molecule has 0 spiro atoms. The van der Waals surface area contributed by atoms with Gasteiger partial charge in [-0.15, -0.1) is 0 Å². The van der Waals surface area contributed by atoms with Crippen LogP contribution in [0.3, 0.4) is 0 Å². The Balaban J connectivity index is 2.22. The highest BCUT2D eigenvalue weighted by Crippen LogP contribution is 2.33. The average molecular weight is 276 g/mol. The molecular formula is C16H24N2O2. The molecule has 0 aromatic heterocycles. The Morgan fingerprint density at radius 2 is 2.15 bits per heavy atom. The van der Waals surface area contributed by atoms with E-state index >= 15 is 0 Å². The third kappa shape index (κ3) is 3.44. The maximum atomic E-state index is 11.7. The van der Waals surface area contributed by atoms with E-state index in [1.54, 1.807) is 6.07 Å². The van der Waals surface area contributed by atoms with E-state index in [0.717, 1.165) is 18.7 Å². The van der Waals surface area contributed by atoms with Gasteiger partial charge in [0.1, 0.15) is 0 Å². The monoisotopic (exact) mass is 276 g/mol. The second kappa shape index (κ2) is 6.16. The number of nitrogen functional groups attached to an aromatic ring is 1. The van der Waals surface area contributed by atoms with Gasteiger partial charge >= 0.3 is 5.97 Å². The van der Waals surface area contributed by atoms with Gasteiger partial charge in [0.15, 0.2) is 0 Å². The first-order valence-electron chi connectivity index (χ1n) is 7.27. The van der Waals surface area contributed by atoms with E-state index in [-0.39, 0.29) is 5.97 Å². The minimum Gasteiger partial charge on any atom is -0.465 e. The quantitative estimate of drug-likeness (QED) is 0.641. The summed E-state index contributed by atoms with van der Waals surface area (Å²) in [5.41, 5.74) is 7.86. The van der Waals surface area contributed by atoms with Crippen molar-refractivity contribution in [1.82, 2.24) is 0 Å². The Kier molecular flexibility index (Phi) is 4.53. The summed E-state index contributed by atoms with van der Waals surface area (Å²) in [5, 5.41) is 0. The summed E-state index contributed by atoms with van der Waals surface area (Å²) in [6.45, 7) is 5.48. The van der Waals surface area contributed by atoms with Crippen molar-refractivity contribution >= 4 is 17.3 Å². The van der Waals surface area contributed by atoms with E-state index in [1.807, 2.05) is 12.1 Å². The first-order chi connectivity index (χ1) is 9.52. The fourth-order valence-corrected chi connectivity index (χ4v) is 2.32. The van der Waals surface area contributed by atoms with Crippen molar-refractivity contribution in [3.8, 4) is 0 Å². The van der Waals surface area contributed by atoms with Crippen LogP contribution in [-0.4, -0.2) is 25.7 Å². The number of benzene rings is 1. The van der Waals surface area contributed by atoms with Crippen LogP contribution < -0.4 is 10.6 Å². The second-order valence-electron chi connectivity index (χ2n) is 5.87. The Bertz CT molecular complexity index is 481. The fourth-order valence-electron chi connectivity index (χ4n) is 2.32. The maximum Gasteiger partial charge on any atom is 0.340 e. The SMILES string of the molecule is COC(=O)c1cc(N(CCC(C)C)C2CC2)ccc1N. The van der Waals surface area contributed by atoms with Crippen LogP contribution in [-0.2, 0) is 4.74 Å². The van der Waals surface area contributed by atoms with Crippen molar-refractivity contribution in [1.29, 1.82) is 0 Å². The molecule has 2 N–H and O–H groups in total. The lowest BCUT2D eigenvalue weighted by Gasteiger charge is -2.26. The molecule has 0 heterocycles. The first-order valence-corrected chi connectivity index (χ1v) is 7.27. The molecule has 1 saturated carbocycles. The molecule has 1 fully saturated rings. The number of esters is 1. The molecule has 0 unspecified atom stereocenters. The molecule has 0 amide bonds. The van der Waals surface area contributed by atoms with Crippen LogP contribution in [0.1, 0.15) is 43.5 Å². The van der Waals surface area contributed by atoms with Gasteiger partial charge in [0.2, 0.25) is 0 Å². The van der Waals surface area contributed by atoms with E-state index in [0.29, 0.717) is 23.2 Å². The standard InChI is InChI=1S/C16H24N2O2/c1-11(2)8-9-18(12-4-5-12)13-6-7-15(17)14(10-13)16(19)20-3/h6-7,10-12H,4-5,8-9,17H2,1-3H3. The van der Waals surface area contributed by atoms with E-state index in [9.17, 15) is 4.79 Å². The summed E-state index contributed by atoms with van der Waals surface area (Å²) in [7, 11) is 1.38. The Morgan fingerprint density at radius 3 is 2.70 bits per heavy atom. The number of ether oxygens (including phenoxy) is 1. The zero-order chi connectivity index (χ0) is 14.7. The summed E-state index contributed by atoms with van der Waals surface area (Å²) in [6.07, 6.45) is 3.61. The van der Waals surface area contributed by atoms with E-state index in [2.05, 4.69) is 18.7 Å². The van der Waals surface area contributed by atoms with Gasteiger partial charge in [0, 0.05) is 24.0 Å². The Hall–Kier alpha value is -1.71. The first kappa shape index (κ1) is 14.7. The van der Waals surface area contributed by atoms with Gasteiger partial charge in [-0.1, -0.05) is 13.8 Å². The van der Waals surface area contributed by atoms with Crippen LogP contribution in [0.4, 0.5) is 11.4 Å². The van der Waals surface area contributed by atoms with Gasteiger partial charge in [-0.2, -0.15) is 0 Å². The molecule has 0 bridgehead atoms. The fraction of sp³-hybridized carbons (Fsp3) is 0.562. The molecule has 1 aliphatic carbocycles. The number of methoxy groups -OCH3 is 1. The van der Waals surface area contributed by atoms with Crippen LogP contribution in [0.15, 0.2) is 18.2 Å². The predicted octanol–water partition coefficient (Wildman–Crippen LogP) is 3.07. The molecular weight excluding hydrogens is 252 g/mol. The Labute approximate surface area is 120 Å². The molecule has 0 radical (unpaired) electrons. The highest BCUT2D eigenvalue weighted by Gasteiger charge is 2.29. The normalized spacial score (nSPS) is 14.4. The predicted molar refractivity (Wildman–Crippen MR) is 82.0 cm³/mol. The topological polar surface area (TPSA) is 55.6 Å². The molecule has 110 valence electrons. The lowest BCUT2D eigenvalue weighted by atomic mass is 10.1. The van der Waals surface area contributed by atoms with Crippen molar-refractivity contribution in [3.63, 3.8) is 0 Å². The maximum absolute atomic E-state index is 11.7. The average Bonchev–Trinajstić information content (AvgIpc) is 3.24. The summed E-state index contributed by atoms with van der Waals surface area (Å²) in [6, 6.07) is 6.27. The molecule has 0 saturated heterocycles. The van der Waals surface area contributed by atoms with E-state index in [1.165, 1.54) is 20.0 Å². The molecule has 4 heteroatoms. The molecule has 4 nitrogen and oxygen atoms in total. The summed E-state index contributed by atoms with van der Waals surface area (Å²) >= 11 is 0. The molecule has 20 heavy (non-hydrogen) atoms. The minimum atomic E-state index is -0.371. The largest absolute Gasteiger partial charge is 0.465 e. The molecule has 1 aromatic carbocycles. The molecule has 0 aliphatic heterocycles. The number of hydrogen-bond acceptors (Lipinski definition) is 4. The summed E-state index contributed by atoms with van der Waals surface area (Å²) in [4.78, 5) is 14.1. The zero-order valence-corrected chi connectivity index (χ0v) is 12.6. The number of carbonyl (C=O) groups is 1. The number of hydrogen-bond donors (Lipinski definition) is 1. The Morgan fingerprint density at radius 1 is 1.45 bits per heavy atom. The van der Waals surface area contributed by atoms with Gasteiger partial charge in [-0.05, 0) is 43.4 Å². The van der Waals surface area contributed by atoms with E-state index in [4.69, 9.17) is 10.5 Å². The summed E-state index contributed by atoms with van der Waals surface area (Å²) in [5.74, 6) is 0.300. The van der Waals surface area contributed by atoms with Gasteiger partial charge in [-0.3, -0.25) is 0 Å². The molecule has 1 aromatic rings. The number of carbonyl (C=O) groups excluding carboxylic acids is 1. The summed E-state index contributed by atoms with van der Waals surface area (Å²) < 4.78 is 4.79. The van der Waals surface area contributed by atoms with Crippen LogP contribution in [0.25, 0.3) is 0 Å². The van der Waals surface area contributed by atoms with Crippen LogP contribution >= 0.6 is 0 Å². The van der Waals surface area contributed by atoms with E-state index < -0.39 is 0 Å². The van der Waals surface area contributed by atoms with Crippen molar-refractivity contribution < 1.29 is 9.53 Å². The highest BCUT2D eigenvalue weighted by molar-refractivity contribution is 5.96.